The van der Waals surface area contributed by atoms with Crippen molar-refractivity contribution in [3.63, 3.8) is 0 Å². The molecule has 2 atom stereocenters. The van der Waals surface area contributed by atoms with Gasteiger partial charge in [0.1, 0.15) is 0 Å². The van der Waals surface area contributed by atoms with Crippen LogP contribution >= 0.6 is 0 Å². The van der Waals surface area contributed by atoms with Crippen molar-refractivity contribution in [2.45, 2.75) is 43.7 Å². The van der Waals surface area contributed by atoms with Crippen molar-refractivity contribution in [3.05, 3.63) is 42.1 Å². The molecule has 2 aromatic rings. The molecule has 0 amide bonds. The maximum atomic E-state index is 4.63. The second-order valence-electron chi connectivity index (χ2n) is 6.14. The van der Waals surface area contributed by atoms with Crippen LogP contribution in [0.1, 0.15) is 37.2 Å². The summed E-state index contributed by atoms with van der Waals surface area (Å²) in [5.41, 5.74) is 2.70. The number of piperidine rings is 1. The van der Waals surface area contributed by atoms with Crippen LogP contribution in [0.25, 0.3) is 10.9 Å². The lowest BCUT2D eigenvalue weighted by Crippen LogP contribution is -2.39. The lowest BCUT2D eigenvalue weighted by molar-refractivity contribution is 0.162. The topological polar surface area (TPSA) is 16.1 Å². The van der Waals surface area contributed by atoms with Crippen molar-refractivity contribution in [2.75, 3.05) is 7.05 Å². The number of aromatic nitrogens is 1. The third kappa shape index (κ3) is 1.78. The fraction of sp³-hybridized carbons (Fsp3) is 0.471. The molecule has 0 N–H and O–H groups in total. The van der Waals surface area contributed by atoms with Crippen LogP contribution in [0.4, 0.5) is 0 Å². The molecule has 0 spiro atoms. The summed E-state index contributed by atoms with van der Waals surface area (Å²) < 4.78 is 0. The summed E-state index contributed by atoms with van der Waals surface area (Å²) in [5.74, 6) is 0.701. The van der Waals surface area contributed by atoms with E-state index in [9.17, 15) is 0 Å². The number of nitrogens with zero attached hydrogens (tertiary/aromatic N) is 2. The Morgan fingerprint density at radius 2 is 1.79 bits per heavy atom. The largest absolute Gasteiger partial charge is 0.300 e. The van der Waals surface area contributed by atoms with Crippen molar-refractivity contribution in [1.82, 2.24) is 9.88 Å². The molecule has 0 aliphatic carbocycles. The minimum absolute atomic E-state index is 0.701. The van der Waals surface area contributed by atoms with Gasteiger partial charge in [0.15, 0.2) is 0 Å². The summed E-state index contributed by atoms with van der Waals surface area (Å²) >= 11 is 0. The van der Waals surface area contributed by atoms with Gasteiger partial charge >= 0.3 is 0 Å². The van der Waals surface area contributed by atoms with E-state index in [1.807, 2.05) is 12.3 Å². The molecule has 19 heavy (non-hydrogen) atoms. The van der Waals surface area contributed by atoms with E-state index in [0.717, 1.165) is 12.1 Å². The Bertz CT molecular complexity index is 588. The monoisotopic (exact) mass is 252 g/mol. The van der Waals surface area contributed by atoms with Gasteiger partial charge in [-0.25, -0.2) is 0 Å². The van der Waals surface area contributed by atoms with E-state index in [1.165, 1.54) is 42.1 Å². The van der Waals surface area contributed by atoms with Crippen LogP contribution in [0.3, 0.4) is 0 Å². The summed E-state index contributed by atoms with van der Waals surface area (Å²) in [7, 11) is 2.31. The number of pyridine rings is 1. The molecule has 3 heterocycles. The molecule has 2 aliphatic rings. The normalized spacial score (nSPS) is 30.9. The lowest BCUT2D eigenvalue weighted by atomic mass is 9.84. The van der Waals surface area contributed by atoms with Crippen molar-refractivity contribution >= 4 is 10.9 Å². The maximum absolute atomic E-state index is 4.63. The summed E-state index contributed by atoms with van der Waals surface area (Å²) in [5, 5.41) is 1.28. The molecular weight excluding hydrogens is 232 g/mol. The van der Waals surface area contributed by atoms with Crippen LogP contribution < -0.4 is 0 Å². The number of benzene rings is 1. The van der Waals surface area contributed by atoms with Gasteiger partial charge in [-0.3, -0.25) is 4.98 Å². The number of fused-ring (bicyclic) bond motifs is 3. The zero-order valence-electron chi connectivity index (χ0n) is 11.4. The molecule has 1 aromatic carbocycles. The first-order chi connectivity index (χ1) is 9.33. The third-order valence-electron chi connectivity index (χ3n) is 5.20. The average molecular weight is 252 g/mol. The fourth-order valence-electron chi connectivity index (χ4n) is 4.12. The van der Waals surface area contributed by atoms with Gasteiger partial charge in [-0.2, -0.15) is 0 Å². The first-order valence-corrected chi connectivity index (χ1v) is 7.38. The lowest BCUT2D eigenvalue weighted by Gasteiger charge is -2.36. The van der Waals surface area contributed by atoms with Crippen LogP contribution in [0.2, 0.25) is 0 Å². The third-order valence-corrected chi connectivity index (χ3v) is 5.20. The van der Waals surface area contributed by atoms with Crippen LogP contribution in [0.5, 0.6) is 0 Å². The Balaban J connectivity index is 1.75. The second-order valence-corrected chi connectivity index (χ2v) is 6.14. The quantitative estimate of drug-likeness (QED) is 0.771. The SMILES string of the molecule is CN1C2CCC1CC(c1cccc3cccnc13)C2. The van der Waals surface area contributed by atoms with E-state index >= 15 is 0 Å². The average Bonchev–Trinajstić information content (AvgIpc) is 2.67. The van der Waals surface area contributed by atoms with E-state index in [4.69, 9.17) is 0 Å². The van der Waals surface area contributed by atoms with Gasteiger partial charge < -0.3 is 4.90 Å². The minimum atomic E-state index is 0.701. The first-order valence-electron chi connectivity index (χ1n) is 7.38. The zero-order chi connectivity index (χ0) is 12.8. The van der Waals surface area contributed by atoms with Crippen LogP contribution in [0, 0.1) is 0 Å². The molecule has 2 bridgehead atoms. The Kier molecular flexibility index (Phi) is 2.59. The van der Waals surface area contributed by atoms with Crippen LogP contribution in [-0.4, -0.2) is 29.0 Å². The highest BCUT2D eigenvalue weighted by atomic mass is 15.2. The summed E-state index contributed by atoms with van der Waals surface area (Å²) in [4.78, 5) is 7.24. The molecule has 98 valence electrons. The molecule has 4 rings (SSSR count). The van der Waals surface area contributed by atoms with Gasteiger partial charge in [0.05, 0.1) is 5.52 Å². The maximum Gasteiger partial charge on any atom is 0.0736 e. The Labute approximate surface area is 114 Å². The Hall–Kier alpha value is -1.41. The number of hydrogen-bond donors (Lipinski definition) is 0. The van der Waals surface area contributed by atoms with Gasteiger partial charge in [-0.05, 0) is 50.3 Å². The summed E-state index contributed by atoms with van der Waals surface area (Å²) in [6.45, 7) is 0. The van der Waals surface area contributed by atoms with E-state index in [2.05, 4.69) is 41.2 Å². The minimum Gasteiger partial charge on any atom is -0.300 e. The standard InChI is InChI=1S/C17H20N2/c1-19-14-7-8-15(19)11-13(10-14)16-6-2-4-12-5-3-9-18-17(12)16/h2-6,9,13-15H,7-8,10-11H2,1H3. The highest BCUT2D eigenvalue weighted by molar-refractivity contribution is 5.82. The van der Waals surface area contributed by atoms with Crippen molar-refractivity contribution < 1.29 is 0 Å². The van der Waals surface area contributed by atoms with Gasteiger partial charge in [0, 0.05) is 23.7 Å². The summed E-state index contributed by atoms with van der Waals surface area (Å²) in [6.07, 6.45) is 7.31. The highest BCUT2D eigenvalue weighted by Gasteiger charge is 2.39. The van der Waals surface area contributed by atoms with Crippen molar-refractivity contribution in [3.8, 4) is 0 Å². The number of para-hydroxylation sites is 1. The van der Waals surface area contributed by atoms with Gasteiger partial charge in [0.25, 0.3) is 0 Å². The molecule has 2 aliphatic heterocycles. The molecule has 2 nitrogen and oxygen atoms in total. The summed E-state index contributed by atoms with van der Waals surface area (Å²) in [6, 6.07) is 12.5. The van der Waals surface area contributed by atoms with E-state index < -0.39 is 0 Å². The zero-order valence-corrected chi connectivity index (χ0v) is 11.4. The molecule has 0 saturated carbocycles. The molecule has 1 aromatic heterocycles. The molecule has 2 heteroatoms. The Morgan fingerprint density at radius 3 is 2.58 bits per heavy atom. The van der Waals surface area contributed by atoms with Crippen molar-refractivity contribution in [2.24, 2.45) is 0 Å². The van der Waals surface area contributed by atoms with Crippen LogP contribution in [-0.2, 0) is 0 Å². The van der Waals surface area contributed by atoms with E-state index in [-0.39, 0.29) is 0 Å². The predicted octanol–water partition coefficient (Wildman–Crippen LogP) is 3.58. The molecular formula is C17H20N2. The van der Waals surface area contributed by atoms with Crippen LogP contribution in [0.15, 0.2) is 36.5 Å². The van der Waals surface area contributed by atoms with E-state index in [0.29, 0.717) is 5.92 Å². The number of hydrogen-bond acceptors (Lipinski definition) is 2. The number of rotatable bonds is 1. The van der Waals surface area contributed by atoms with Gasteiger partial charge in [-0.1, -0.05) is 24.3 Å². The predicted molar refractivity (Wildman–Crippen MR) is 78.3 cm³/mol. The molecule has 2 unspecified atom stereocenters. The first kappa shape index (κ1) is 11.4. The smallest absolute Gasteiger partial charge is 0.0736 e. The van der Waals surface area contributed by atoms with Gasteiger partial charge in [0.2, 0.25) is 0 Å². The van der Waals surface area contributed by atoms with Gasteiger partial charge in [-0.15, -0.1) is 0 Å². The second kappa shape index (κ2) is 4.31. The molecule has 2 saturated heterocycles. The molecule has 2 fully saturated rings. The van der Waals surface area contributed by atoms with Crippen molar-refractivity contribution in [1.29, 1.82) is 0 Å². The highest BCUT2D eigenvalue weighted by Crippen LogP contribution is 2.43. The molecule has 0 radical (unpaired) electrons. The van der Waals surface area contributed by atoms with E-state index in [1.54, 1.807) is 0 Å². The fourth-order valence-corrected chi connectivity index (χ4v) is 4.12. The Morgan fingerprint density at radius 1 is 1.05 bits per heavy atom.